The largest absolute Gasteiger partial charge is 0.497 e. The minimum atomic E-state index is -1.20. The number of Topliss-reactive ketones (excluding diaryl/α,β-unsaturated/α-hetero) is 1. The average molecular weight is 537 g/mol. The summed E-state index contributed by atoms with van der Waals surface area (Å²) in [6, 6.07) is 28.8. The van der Waals surface area contributed by atoms with Gasteiger partial charge in [-0.15, -0.1) is 0 Å². The van der Waals surface area contributed by atoms with Crippen molar-refractivity contribution in [1.82, 2.24) is 8.75 Å². The first-order valence-electron chi connectivity index (χ1n) is 12.2. The number of rotatable bonds is 10. The average Bonchev–Trinajstić information content (AvgIpc) is 3.44. The first kappa shape index (κ1) is 25.8. The second-order valence-electron chi connectivity index (χ2n) is 8.78. The molecular formula is C31H24N2O5S. The number of carboxylic acids is 1. The standard InChI is InChI=1S/C31H24N2O5S/c1-37-24-12-7-20(8-13-24)17-26(29(31(35)36)23-11-16-27-28(18-23)33-39-32-27)30(34)22-9-14-25(15-10-22)38-19-21-5-3-2-4-6-21/h2-16,18H,17,19H2,1H3,(H,35,36). The van der Waals surface area contributed by atoms with Gasteiger partial charge in [0.05, 0.1) is 24.4 Å². The first-order chi connectivity index (χ1) is 19.0. The van der Waals surface area contributed by atoms with Crippen molar-refractivity contribution in [1.29, 1.82) is 0 Å². The fraction of sp³-hybridized carbons (Fsp3) is 0.0968. The van der Waals surface area contributed by atoms with Crippen LogP contribution in [0.4, 0.5) is 0 Å². The van der Waals surface area contributed by atoms with Crippen LogP contribution in [0.15, 0.2) is 103 Å². The third-order valence-corrected chi connectivity index (χ3v) is 6.79. The van der Waals surface area contributed by atoms with E-state index in [0.29, 0.717) is 40.3 Å². The highest BCUT2D eigenvalue weighted by molar-refractivity contribution is 7.00. The lowest BCUT2D eigenvalue weighted by atomic mass is 9.89. The molecule has 0 aliphatic carbocycles. The number of carbonyl (C=O) groups is 2. The van der Waals surface area contributed by atoms with E-state index in [9.17, 15) is 14.7 Å². The zero-order valence-corrected chi connectivity index (χ0v) is 21.9. The van der Waals surface area contributed by atoms with E-state index in [4.69, 9.17) is 9.47 Å². The van der Waals surface area contributed by atoms with Crippen molar-refractivity contribution in [3.63, 3.8) is 0 Å². The highest BCUT2D eigenvalue weighted by Gasteiger charge is 2.24. The summed E-state index contributed by atoms with van der Waals surface area (Å²) >= 11 is 1.05. The van der Waals surface area contributed by atoms with E-state index < -0.39 is 5.97 Å². The number of aliphatic carboxylic acids is 1. The number of aromatic nitrogens is 2. The molecule has 5 aromatic rings. The van der Waals surface area contributed by atoms with Crippen LogP contribution in [-0.2, 0) is 17.8 Å². The third-order valence-electron chi connectivity index (χ3n) is 6.24. The van der Waals surface area contributed by atoms with Crippen LogP contribution in [0.3, 0.4) is 0 Å². The summed E-state index contributed by atoms with van der Waals surface area (Å²) in [5.41, 5.74) is 3.89. The molecule has 0 bridgehead atoms. The Morgan fingerprint density at radius 3 is 2.13 bits per heavy atom. The predicted octanol–water partition coefficient (Wildman–Crippen LogP) is 6.24. The van der Waals surface area contributed by atoms with Gasteiger partial charge in [-0.2, -0.15) is 8.75 Å². The number of benzene rings is 4. The second kappa shape index (κ2) is 11.7. The highest BCUT2D eigenvalue weighted by atomic mass is 32.1. The number of hydrogen-bond acceptors (Lipinski definition) is 7. The van der Waals surface area contributed by atoms with Gasteiger partial charge in [0.2, 0.25) is 0 Å². The van der Waals surface area contributed by atoms with E-state index in [1.165, 1.54) is 0 Å². The number of ketones is 1. The molecule has 39 heavy (non-hydrogen) atoms. The van der Waals surface area contributed by atoms with Gasteiger partial charge in [0.15, 0.2) is 5.78 Å². The molecule has 0 saturated heterocycles. The van der Waals surface area contributed by atoms with Crippen molar-refractivity contribution in [2.24, 2.45) is 0 Å². The summed E-state index contributed by atoms with van der Waals surface area (Å²) < 4.78 is 19.5. The molecular weight excluding hydrogens is 512 g/mol. The van der Waals surface area contributed by atoms with Crippen molar-refractivity contribution < 1.29 is 24.2 Å². The van der Waals surface area contributed by atoms with Crippen molar-refractivity contribution in [3.05, 3.63) is 125 Å². The summed E-state index contributed by atoms with van der Waals surface area (Å²) in [7, 11) is 1.57. The number of carbonyl (C=O) groups excluding carboxylic acids is 1. The molecule has 1 heterocycles. The van der Waals surface area contributed by atoms with Crippen LogP contribution in [0.2, 0.25) is 0 Å². The van der Waals surface area contributed by atoms with E-state index in [-0.39, 0.29) is 23.4 Å². The molecule has 0 aliphatic heterocycles. The molecule has 7 nitrogen and oxygen atoms in total. The monoisotopic (exact) mass is 536 g/mol. The predicted molar refractivity (Wildman–Crippen MR) is 150 cm³/mol. The van der Waals surface area contributed by atoms with Crippen LogP contribution in [0.5, 0.6) is 11.5 Å². The minimum absolute atomic E-state index is 0.0740. The first-order valence-corrected chi connectivity index (χ1v) is 12.9. The third kappa shape index (κ3) is 6.02. The van der Waals surface area contributed by atoms with E-state index in [1.807, 2.05) is 42.5 Å². The van der Waals surface area contributed by atoms with E-state index in [2.05, 4.69) is 8.75 Å². The van der Waals surface area contributed by atoms with Crippen molar-refractivity contribution >= 4 is 40.1 Å². The van der Waals surface area contributed by atoms with Gasteiger partial charge in [-0.05, 0) is 65.2 Å². The maximum Gasteiger partial charge on any atom is 0.336 e. The fourth-order valence-electron chi connectivity index (χ4n) is 4.21. The van der Waals surface area contributed by atoms with E-state index in [0.717, 1.165) is 22.9 Å². The smallest absolute Gasteiger partial charge is 0.336 e. The zero-order valence-electron chi connectivity index (χ0n) is 21.0. The van der Waals surface area contributed by atoms with Crippen molar-refractivity contribution in [2.75, 3.05) is 7.11 Å². The van der Waals surface area contributed by atoms with Gasteiger partial charge in [-0.3, -0.25) is 4.79 Å². The summed E-state index contributed by atoms with van der Waals surface area (Å²) in [6.07, 6.45) is 0.115. The molecule has 1 N–H and O–H groups in total. The number of fused-ring (bicyclic) bond motifs is 1. The lowest BCUT2D eigenvalue weighted by Crippen LogP contribution is -2.14. The Morgan fingerprint density at radius 1 is 0.769 bits per heavy atom. The maximum absolute atomic E-state index is 13.9. The van der Waals surface area contributed by atoms with Gasteiger partial charge in [0.25, 0.3) is 0 Å². The molecule has 0 aliphatic rings. The lowest BCUT2D eigenvalue weighted by Gasteiger charge is -2.14. The molecule has 5 rings (SSSR count). The molecule has 0 atom stereocenters. The summed E-state index contributed by atoms with van der Waals surface area (Å²) in [5, 5.41) is 10.3. The van der Waals surface area contributed by atoms with E-state index in [1.54, 1.807) is 61.7 Å². The summed E-state index contributed by atoms with van der Waals surface area (Å²) in [4.78, 5) is 26.5. The number of hydrogen-bond donors (Lipinski definition) is 1. The molecule has 0 saturated carbocycles. The summed E-state index contributed by atoms with van der Waals surface area (Å²) in [5.74, 6) is -0.302. The van der Waals surface area contributed by atoms with Crippen LogP contribution < -0.4 is 9.47 Å². The number of nitrogens with zero attached hydrogens (tertiary/aromatic N) is 2. The van der Waals surface area contributed by atoms with Crippen LogP contribution in [-0.4, -0.2) is 32.7 Å². The van der Waals surface area contributed by atoms with Gasteiger partial charge in [0.1, 0.15) is 29.1 Å². The SMILES string of the molecule is COc1ccc(CC(C(=O)c2ccc(OCc3ccccc3)cc2)=C(C(=O)O)c2ccc3nsnc3c2)cc1. The molecule has 8 heteroatoms. The van der Waals surface area contributed by atoms with Crippen LogP contribution >= 0.6 is 11.7 Å². The lowest BCUT2D eigenvalue weighted by molar-refractivity contribution is -0.130. The maximum atomic E-state index is 13.9. The Bertz CT molecular complexity index is 1640. The number of carboxylic acid groups (broad SMARTS) is 1. The zero-order chi connectivity index (χ0) is 27.2. The Balaban J connectivity index is 1.51. The van der Waals surface area contributed by atoms with E-state index >= 15 is 0 Å². The number of ether oxygens (including phenoxy) is 2. The quantitative estimate of drug-likeness (QED) is 0.167. The van der Waals surface area contributed by atoms with Crippen LogP contribution in [0.25, 0.3) is 16.6 Å². The minimum Gasteiger partial charge on any atom is -0.497 e. The van der Waals surface area contributed by atoms with Gasteiger partial charge >= 0.3 is 5.97 Å². The highest BCUT2D eigenvalue weighted by Crippen LogP contribution is 2.29. The second-order valence-corrected chi connectivity index (χ2v) is 9.31. The number of methoxy groups -OCH3 is 1. The Hall–Kier alpha value is -4.82. The fourth-order valence-corrected chi connectivity index (χ4v) is 4.73. The molecule has 194 valence electrons. The Kier molecular flexibility index (Phi) is 7.75. The van der Waals surface area contributed by atoms with Crippen molar-refractivity contribution in [2.45, 2.75) is 13.0 Å². The molecule has 0 radical (unpaired) electrons. The van der Waals surface area contributed by atoms with Gasteiger partial charge in [-0.1, -0.05) is 48.5 Å². The van der Waals surface area contributed by atoms with Crippen LogP contribution in [0.1, 0.15) is 27.0 Å². The van der Waals surface area contributed by atoms with Crippen molar-refractivity contribution in [3.8, 4) is 11.5 Å². The summed E-state index contributed by atoms with van der Waals surface area (Å²) in [6.45, 7) is 0.397. The Labute approximate surface area is 229 Å². The Morgan fingerprint density at radius 2 is 1.44 bits per heavy atom. The van der Waals surface area contributed by atoms with Crippen LogP contribution in [0, 0.1) is 0 Å². The molecule has 0 spiro atoms. The molecule has 4 aromatic carbocycles. The van der Waals surface area contributed by atoms with Gasteiger partial charge in [0, 0.05) is 17.6 Å². The normalized spacial score (nSPS) is 11.6. The number of allylic oxidation sites excluding steroid dienone is 1. The van der Waals surface area contributed by atoms with Gasteiger partial charge in [-0.25, -0.2) is 4.79 Å². The topological polar surface area (TPSA) is 98.6 Å². The molecule has 0 unspecified atom stereocenters. The molecule has 0 fully saturated rings. The molecule has 1 aromatic heterocycles. The molecule has 0 amide bonds. The van der Waals surface area contributed by atoms with Gasteiger partial charge < -0.3 is 14.6 Å².